The van der Waals surface area contributed by atoms with Crippen LogP contribution in [0.4, 0.5) is 23.7 Å². The molecule has 5 rings (SSSR count). The minimum Gasteiger partial charge on any atom is -0.454 e. The summed E-state index contributed by atoms with van der Waals surface area (Å²) in [7, 11) is 1.61. The number of pyridine rings is 1. The lowest BCUT2D eigenvalue weighted by atomic mass is 9.94. The zero-order chi connectivity index (χ0) is 25.2. The van der Waals surface area contributed by atoms with Crippen LogP contribution >= 0.6 is 0 Å². The van der Waals surface area contributed by atoms with E-state index in [1.807, 2.05) is 6.07 Å². The Kier molecular flexibility index (Phi) is 6.84. The molecule has 0 bridgehead atoms. The number of ether oxygens (including phenoxy) is 3. The van der Waals surface area contributed by atoms with E-state index in [1.165, 1.54) is 24.3 Å². The van der Waals surface area contributed by atoms with Crippen molar-refractivity contribution in [1.29, 1.82) is 0 Å². The number of aromatic nitrogens is 1. The number of likely N-dealkylation sites (tertiary alicyclic amines) is 1. The van der Waals surface area contributed by atoms with Gasteiger partial charge in [0.25, 0.3) is 6.43 Å². The van der Waals surface area contributed by atoms with Gasteiger partial charge < -0.3 is 24.8 Å². The van der Waals surface area contributed by atoms with Gasteiger partial charge in [0.05, 0.1) is 23.9 Å². The molecule has 0 aliphatic carbocycles. The molecule has 0 saturated carbocycles. The predicted octanol–water partition coefficient (Wildman–Crippen LogP) is 4.28. The average molecular weight is 502 g/mol. The van der Waals surface area contributed by atoms with Crippen molar-refractivity contribution in [1.82, 2.24) is 15.2 Å². The topological polar surface area (TPSA) is 85.0 Å². The number of alkyl halides is 2. The van der Waals surface area contributed by atoms with Crippen LogP contribution < -0.4 is 20.1 Å². The number of hydrogen-bond donors (Lipinski definition) is 2. The SMILES string of the molecule is COCCN1C[C@@H](NC(=O)Nc2cc3cc4c(cc3nc2C(F)F)OCO4)[C@H](c2cccc(F)c2)C1. The van der Waals surface area contributed by atoms with Gasteiger partial charge >= 0.3 is 6.03 Å². The molecular weight excluding hydrogens is 477 g/mol. The summed E-state index contributed by atoms with van der Waals surface area (Å²) in [4.78, 5) is 19.1. The molecule has 1 aromatic heterocycles. The second-order valence-corrected chi connectivity index (χ2v) is 8.74. The summed E-state index contributed by atoms with van der Waals surface area (Å²) in [6, 6.07) is 9.82. The number of rotatable bonds is 7. The number of anilines is 1. The molecule has 0 unspecified atom stereocenters. The zero-order valence-electron chi connectivity index (χ0n) is 19.5. The molecule has 190 valence electrons. The Balaban J connectivity index is 1.37. The van der Waals surface area contributed by atoms with E-state index in [1.54, 1.807) is 19.2 Å². The van der Waals surface area contributed by atoms with Gasteiger partial charge in [-0.15, -0.1) is 0 Å². The zero-order valence-corrected chi connectivity index (χ0v) is 19.5. The maximum absolute atomic E-state index is 13.9. The highest BCUT2D eigenvalue weighted by atomic mass is 19.3. The van der Waals surface area contributed by atoms with Crippen molar-refractivity contribution in [3.63, 3.8) is 0 Å². The lowest BCUT2D eigenvalue weighted by molar-refractivity contribution is 0.147. The lowest BCUT2D eigenvalue weighted by Crippen LogP contribution is -2.42. The first-order valence-electron chi connectivity index (χ1n) is 11.5. The van der Waals surface area contributed by atoms with Crippen LogP contribution in [0.3, 0.4) is 0 Å². The number of nitrogens with zero attached hydrogens (tertiary/aromatic N) is 2. The van der Waals surface area contributed by atoms with Crippen molar-refractivity contribution in [2.75, 3.05) is 45.5 Å². The summed E-state index contributed by atoms with van der Waals surface area (Å²) in [6.45, 7) is 2.27. The van der Waals surface area contributed by atoms with Gasteiger partial charge in [-0.3, -0.25) is 4.90 Å². The van der Waals surface area contributed by atoms with Gasteiger partial charge in [0.2, 0.25) is 6.79 Å². The number of carbonyl (C=O) groups is 1. The minimum atomic E-state index is -2.91. The van der Waals surface area contributed by atoms with Crippen LogP contribution in [-0.2, 0) is 4.74 Å². The number of urea groups is 1. The third-order valence-electron chi connectivity index (χ3n) is 6.39. The summed E-state index contributed by atoms with van der Waals surface area (Å²) >= 11 is 0. The van der Waals surface area contributed by atoms with Gasteiger partial charge in [-0.25, -0.2) is 22.9 Å². The molecule has 2 aliphatic heterocycles. The maximum Gasteiger partial charge on any atom is 0.319 e. The number of amides is 2. The Morgan fingerprint density at radius 1 is 1.19 bits per heavy atom. The smallest absolute Gasteiger partial charge is 0.319 e. The van der Waals surface area contributed by atoms with Crippen molar-refractivity contribution in [2.24, 2.45) is 0 Å². The molecule has 3 aromatic rings. The van der Waals surface area contributed by atoms with Crippen LogP contribution in [0.15, 0.2) is 42.5 Å². The lowest BCUT2D eigenvalue weighted by Gasteiger charge is -2.21. The van der Waals surface area contributed by atoms with Crippen LogP contribution in [0.2, 0.25) is 0 Å². The molecule has 36 heavy (non-hydrogen) atoms. The Hall–Kier alpha value is -3.57. The monoisotopic (exact) mass is 502 g/mol. The Morgan fingerprint density at radius 3 is 2.75 bits per heavy atom. The van der Waals surface area contributed by atoms with E-state index in [0.29, 0.717) is 48.6 Å². The normalized spacial score (nSPS) is 19.2. The summed E-state index contributed by atoms with van der Waals surface area (Å²) in [5, 5.41) is 5.94. The van der Waals surface area contributed by atoms with E-state index in [0.717, 1.165) is 5.56 Å². The Bertz CT molecular complexity index is 1280. The van der Waals surface area contributed by atoms with Crippen molar-refractivity contribution >= 4 is 22.6 Å². The highest BCUT2D eigenvalue weighted by Crippen LogP contribution is 2.38. The van der Waals surface area contributed by atoms with Crippen molar-refractivity contribution in [3.05, 3.63) is 59.5 Å². The van der Waals surface area contributed by atoms with E-state index in [2.05, 4.69) is 20.5 Å². The van der Waals surface area contributed by atoms with E-state index in [9.17, 15) is 18.0 Å². The van der Waals surface area contributed by atoms with Gasteiger partial charge in [-0.2, -0.15) is 0 Å². The minimum absolute atomic E-state index is 0.0378. The molecule has 2 aromatic carbocycles. The second-order valence-electron chi connectivity index (χ2n) is 8.74. The number of nitrogens with one attached hydrogen (secondary N) is 2. The fourth-order valence-corrected chi connectivity index (χ4v) is 4.68. The van der Waals surface area contributed by atoms with Crippen LogP contribution in [0, 0.1) is 5.82 Å². The van der Waals surface area contributed by atoms with E-state index >= 15 is 0 Å². The molecule has 2 amide bonds. The van der Waals surface area contributed by atoms with Gasteiger partial charge in [0, 0.05) is 44.1 Å². The molecule has 8 nitrogen and oxygen atoms in total. The first-order valence-corrected chi connectivity index (χ1v) is 11.5. The number of halogens is 3. The Labute approximate surface area is 205 Å². The second kappa shape index (κ2) is 10.2. The number of fused-ring (bicyclic) bond motifs is 2. The molecule has 1 fully saturated rings. The summed E-state index contributed by atoms with van der Waals surface area (Å²) in [5.41, 5.74) is 0.393. The molecule has 1 saturated heterocycles. The number of carbonyl (C=O) groups excluding carboxylic acids is 1. The molecule has 2 aliphatic rings. The number of benzene rings is 2. The van der Waals surface area contributed by atoms with Crippen LogP contribution in [0.5, 0.6) is 11.5 Å². The molecule has 3 heterocycles. The van der Waals surface area contributed by atoms with Crippen LogP contribution in [-0.4, -0.2) is 62.1 Å². The van der Waals surface area contributed by atoms with Gasteiger partial charge in [-0.05, 0) is 29.8 Å². The van der Waals surface area contributed by atoms with Crippen LogP contribution in [0.1, 0.15) is 23.6 Å². The summed E-state index contributed by atoms with van der Waals surface area (Å²) < 4.78 is 57.4. The quantitative estimate of drug-likeness (QED) is 0.502. The third kappa shape index (κ3) is 5.02. The summed E-state index contributed by atoms with van der Waals surface area (Å²) in [5.74, 6) is 0.351. The average Bonchev–Trinajstić information content (AvgIpc) is 3.47. The highest BCUT2D eigenvalue weighted by Gasteiger charge is 2.35. The highest BCUT2D eigenvalue weighted by molar-refractivity contribution is 5.94. The summed E-state index contributed by atoms with van der Waals surface area (Å²) in [6.07, 6.45) is -2.91. The number of hydrogen-bond acceptors (Lipinski definition) is 6. The van der Waals surface area contributed by atoms with Crippen LogP contribution in [0.25, 0.3) is 10.9 Å². The first kappa shape index (κ1) is 24.1. The number of methoxy groups -OCH3 is 1. The van der Waals surface area contributed by atoms with Gasteiger partial charge in [-0.1, -0.05) is 12.1 Å². The fourth-order valence-electron chi connectivity index (χ4n) is 4.68. The molecule has 2 atom stereocenters. The molecule has 0 radical (unpaired) electrons. The van der Waals surface area contributed by atoms with Crippen molar-refractivity contribution in [3.8, 4) is 11.5 Å². The molecular formula is C25H25F3N4O4. The Morgan fingerprint density at radius 2 is 2.00 bits per heavy atom. The van der Waals surface area contributed by atoms with Gasteiger partial charge in [0.1, 0.15) is 11.5 Å². The third-order valence-corrected chi connectivity index (χ3v) is 6.39. The predicted molar refractivity (Wildman–Crippen MR) is 126 cm³/mol. The largest absolute Gasteiger partial charge is 0.454 e. The van der Waals surface area contributed by atoms with E-state index < -0.39 is 18.2 Å². The maximum atomic E-state index is 13.9. The van der Waals surface area contributed by atoms with E-state index in [4.69, 9.17) is 14.2 Å². The molecule has 11 heteroatoms. The van der Waals surface area contributed by atoms with Crippen molar-refractivity contribution in [2.45, 2.75) is 18.4 Å². The standard InChI is InChI=1S/C25H25F3N4O4/c1-34-6-5-32-11-17(14-3-2-4-16(26)7-14)20(12-32)31-25(33)30-19-8-15-9-21-22(36-13-35-21)10-18(15)29-23(19)24(27)28/h2-4,7-10,17,20,24H,5-6,11-13H2,1H3,(H2,30,31,33)/t17-,20+/m0/s1. The van der Waals surface area contributed by atoms with Crippen molar-refractivity contribution < 1.29 is 32.2 Å². The van der Waals surface area contributed by atoms with E-state index in [-0.39, 0.29) is 30.3 Å². The molecule has 0 spiro atoms. The molecule has 2 N–H and O–H groups in total. The first-order chi connectivity index (χ1) is 17.4. The fraction of sp³-hybridized carbons (Fsp3) is 0.360. The van der Waals surface area contributed by atoms with Gasteiger partial charge in [0.15, 0.2) is 11.5 Å².